The van der Waals surface area contributed by atoms with Gasteiger partial charge >= 0.3 is 0 Å². The van der Waals surface area contributed by atoms with Gasteiger partial charge < -0.3 is 9.13 Å². The van der Waals surface area contributed by atoms with E-state index in [-0.39, 0.29) is 0 Å². The van der Waals surface area contributed by atoms with E-state index in [0.717, 1.165) is 55.0 Å². The third-order valence-electron chi connectivity index (χ3n) is 8.19. The molecular formula is C38H22N4. The van der Waals surface area contributed by atoms with Crippen LogP contribution in [-0.4, -0.2) is 9.13 Å². The van der Waals surface area contributed by atoms with Gasteiger partial charge in [0.2, 0.25) is 0 Å². The highest BCUT2D eigenvalue weighted by molar-refractivity contribution is 6.26. The minimum Gasteiger partial charge on any atom is -0.309 e. The van der Waals surface area contributed by atoms with Crippen LogP contribution >= 0.6 is 0 Å². The first-order valence-electron chi connectivity index (χ1n) is 13.8. The minimum absolute atomic E-state index is 0.467. The molecule has 0 aliphatic rings. The number of nitrogens with zero attached hydrogens (tertiary/aromatic N) is 4. The lowest BCUT2D eigenvalue weighted by molar-refractivity contribution is 1.17. The molecule has 0 amide bonds. The summed E-state index contributed by atoms with van der Waals surface area (Å²) in [4.78, 5) is 0. The van der Waals surface area contributed by atoms with Crippen LogP contribution in [0.25, 0.3) is 66.1 Å². The summed E-state index contributed by atoms with van der Waals surface area (Å²) in [7, 11) is 0. The fourth-order valence-electron chi connectivity index (χ4n) is 6.36. The van der Waals surface area contributed by atoms with Crippen molar-refractivity contribution in [2.45, 2.75) is 0 Å². The van der Waals surface area contributed by atoms with Gasteiger partial charge in [-0.1, -0.05) is 84.9 Å². The van der Waals surface area contributed by atoms with Crippen molar-refractivity contribution in [2.24, 2.45) is 0 Å². The Morgan fingerprint density at radius 2 is 1.14 bits per heavy atom. The molecule has 42 heavy (non-hydrogen) atoms. The standard InChI is InChI=1S/C38H22N4/c39-23-25-14-20-33(28(22-25)24-40)42-34-12-6-4-10-30(34)31-19-21-36-37(38(31)42)32-11-5-7-13-35(32)41(36)29-17-15-27(16-18-29)26-8-2-1-3-9-26/h1-22H. The van der Waals surface area contributed by atoms with Crippen molar-refractivity contribution in [2.75, 3.05) is 0 Å². The lowest BCUT2D eigenvalue weighted by Gasteiger charge is -2.12. The Balaban J connectivity index is 1.49. The second kappa shape index (κ2) is 9.24. The molecule has 6 aromatic carbocycles. The molecule has 2 heterocycles. The van der Waals surface area contributed by atoms with E-state index in [4.69, 9.17) is 0 Å². The topological polar surface area (TPSA) is 57.4 Å². The molecule has 8 aromatic rings. The first-order valence-corrected chi connectivity index (χ1v) is 13.8. The molecule has 0 atom stereocenters. The maximum Gasteiger partial charge on any atom is 0.101 e. The first-order chi connectivity index (χ1) is 20.8. The van der Waals surface area contributed by atoms with Crippen molar-refractivity contribution in [1.82, 2.24) is 9.13 Å². The highest BCUT2D eigenvalue weighted by Crippen LogP contribution is 2.42. The van der Waals surface area contributed by atoms with Crippen LogP contribution in [0.4, 0.5) is 0 Å². The van der Waals surface area contributed by atoms with Crippen LogP contribution in [0.15, 0.2) is 133 Å². The van der Waals surface area contributed by atoms with Gasteiger partial charge in [0.05, 0.1) is 45.0 Å². The molecule has 2 aromatic heterocycles. The molecule has 0 aliphatic carbocycles. The molecule has 0 fully saturated rings. The van der Waals surface area contributed by atoms with Crippen molar-refractivity contribution in [1.29, 1.82) is 10.5 Å². The predicted octanol–water partition coefficient (Wildman–Crippen LogP) is 9.29. The predicted molar refractivity (Wildman–Crippen MR) is 170 cm³/mol. The van der Waals surface area contributed by atoms with E-state index in [2.05, 4.69) is 124 Å². The number of nitriles is 2. The summed E-state index contributed by atoms with van der Waals surface area (Å²) in [6.45, 7) is 0. The van der Waals surface area contributed by atoms with Gasteiger partial charge in [0.1, 0.15) is 6.07 Å². The van der Waals surface area contributed by atoms with Gasteiger partial charge in [-0.25, -0.2) is 0 Å². The van der Waals surface area contributed by atoms with E-state index in [0.29, 0.717) is 11.1 Å². The van der Waals surface area contributed by atoms with Gasteiger partial charge in [0.15, 0.2) is 0 Å². The Labute approximate surface area is 242 Å². The summed E-state index contributed by atoms with van der Waals surface area (Å²) in [5.74, 6) is 0. The smallest absolute Gasteiger partial charge is 0.101 e. The van der Waals surface area contributed by atoms with Crippen molar-refractivity contribution < 1.29 is 0 Å². The van der Waals surface area contributed by atoms with Gasteiger partial charge in [-0.2, -0.15) is 10.5 Å². The number of fused-ring (bicyclic) bond motifs is 7. The van der Waals surface area contributed by atoms with E-state index in [9.17, 15) is 10.5 Å². The van der Waals surface area contributed by atoms with Gasteiger partial charge in [-0.3, -0.25) is 0 Å². The summed E-state index contributed by atoms with van der Waals surface area (Å²) in [6.07, 6.45) is 0. The van der Waals surface area contributed by atoms with Gasteiger partial charge in [0.25, 0.3) is 0 Å². The SMILES string of the molecule is N#Cc1ccc(-n2c3ccccc3c3ccc4c(c5ccccc5n4-c4ccc(-c5ccccc5)cc4)c32)c(C#N)c1. The monoisotopic (exact) mass is 534 g/mol. The minimum atomic E-state index is 0.467. The Bertz CT molecular complexity index is 2410. The van der Waals surface area contributed by atoms with Crippen molar-refractivity contribution in [3.63, 3.8) is 0 Å². The average Bonchev–Trinajstić information content (AvgIpc) is 3.58. The number of hydrogen-bond acceptors (Lipinski definition) is 2. The highest BCUT2D eigenvalue weighted by atomic mass is 15.0. The molecular weight excluding hydrogens is 512 g/mol. The maximum atomic E-state index is 10.1. The van der Waals surface area contributed by atoms with E-state index in [1.54, 1.807) is 12.1 Å². The van der Waals surface area contributed by atoms with Crippen molar-refractivity contribution in [3.05, 3.63) is 145 Å². The fourth-order valence-corrected chi connectivity index (χ4v) is 6.36. The molecule has 8 rings (SSSR count). The molecule has 0 spiro atoms. The third-order valence-corrected chi connectivity index (χ3v) is 8.19. The quantitative estimate of drug-likeness (QED) is 0.227. The Morgan fingerprint density at radius 3 is 1.88 bits per heavy atom. The van der Waals surface area contributed by atoms with Gasteiger partial charge in [0, 0.05) is 27.2 Å². The van der Waals surface area contributed by atoms with Crippen LogP contribution < -0.4 is 0 Å². The molecule has 0 saturated carbocycles. The second-order valence-electron chi connectivity index (χ2n) is 10.4. The number of rotatable bonds is 3. The zero-order chi connectivity index (χ0) is 28.2. The van der Waals surface area contributed by atoms with Crippen LogP contribution in [-0.2, 0) is 0 Å². The molecule has 4 heteroatoms. The molecule has 0 radical (unpaired) electrons. The van der Waals surface area contributed by atoms with Crippen LogP contribution in [0.1, 0.15) is 11.1 Å². The Morgan fingerprint density at radius 1 is 0.476 bits per heavy atom. The largest absolute Gasteiger partial charge is 0.309 e. The summed E-state index contributed by atoms with van der Waals surface area (Å²) in [5, 5.41) is 24.2. The molecule has 0 aliphatic heterocycles. The molecule has 0 N–H and O–H groups in total. The Kier molecular flexibility index (Phi) is 5.22. The average molecular weight is 535 g/mol. The first kappa shape index (κ1) is 23.8. The van der Waals surface area contributed by atoms with Crippen LogP contribution in [0.3, 0.4) is 0 Å². The van der Waals surface area contributed by atoms with E-state index in [1.165, 1.54) is 11.1 Å². The fraction of sp³-hybridized carbons (Fsp3) is 0. The Hall–Kier alpha value is -6.10. The summed E-state index contributed by atoms with van der Waals surface area (Å²) in [6, 6.07) is 50.2. The number of hydrogen-bond donors (Lipinski definition) is 0. The number of aromatic nitrogens is 2. The lowest BCUT2D eigenvalue weighted by Crippen LogP contribution is -1.99. The van der Waals surface area contributed by atoms with Crippen LogP contribution in [0.2, 0.25) is 0 Å². The number of benzene rings is 6. The van der Waals surface area contributed by atoms with Crippen LogP contribution in [0, 0.1) is 22.7 Å². The van der Waals surface area contributed by atoms with Gasteiger partial charge in [-0.15, -0.1) is 0 Å². The summed E-state index contributed by atoms with van der Waals surface area (Å²) in [5.41, 5.74) is 9.41. The molecule has 0 saturated heterocycles. The van der Waals surface area contributed by atoms with Gasteiger partial charge in [-0.05, 0) is 59.7 Å². The molecule has 4 nitrogen and oxygen atoms in total. The normalized spacial score (nSPS) is 11.3. The van der Waals surface area contributed by atoms with E-state index >= 15 is 0 Å². The van der Waals surface area contributed by atoms with E-state index in [1.807, 2.05) is 18.2 Å². The molecule has 0 unspecified atom stereocenters. The third kappa shape index (κ3) is 3.40. The zero-order valence-electron chi connectivity index (χ0n) is 22.5. The second-order valence-corrected chi connectivity index (χ2v) is 10.4. The maximum absolute atomic E-state index is 10.1. The summed E-state index contributed by atoms with van der Waals surface area (Å²) >= 11 is 0. The molecule has 194 valence electrons. The zero-order valence-corrected chi connectivity index (χ0v) is 22.5. The van der Waals surface area contributed by atoms with Crippen LogP contribution in [0.5, 0.6) is 0 Å². The summed E-state index contributed by atoms with van der Waals surface area (Å²) < 4.78 is 4.52. The molecule has 0 bridgehead atoms. The van der Waals surface area contributed by atoms with Crippen molar-refractivity contribution in [3.8, 4) is 34.6 Å². The van der Waals surface area contributed by atoms with E-state index < -0.39 is 0 Å². The van der Waals surface area contributed by atoms with Crippen molar-refractivity contribution >= 4 is 43.6 Å². The highest BCUT2D eigenvalue weighted by Gasteiger charge is 2.21. The number of para-hydroxylation sites is 2. The lowest BCUT2D eigenvalue weighted by atomic mass is 10.1.